The fraction of sp³-hybridized carbons (Fsp3) is 0.625. The number of hydrogen-bond acceptors (Lipinski definition) is 7. The lowest BCUT2D eigenvalue weighted by Crippen LogP contribution is -2.42. The summed E-state index contributed by atoms with van der Waals surface area (Å²) in [6.07, 6.45) is 1.54. The molecular weight excluding hydrogens is 462 g/mol. The number of piperidine rings is 1. The van der Waals surface area contributed by atoms with Crippen molar-refractivity contribution in [2.45, 2.75) is 64.0 Å². The number of amides is 2. The van der Waals surface area contributed by atoms with Crippen molar-refractivity contribution in [1.82, 2.24) is 10.2 Å². The Bertz CT molecular complexity index is 850. The lowest BCUT2D eigenvalue weighted by atomic mass is 9.89. The van der Waals surface area contributed by atoms with Crippen LogP contribution < -0.4 is 15.8 Å². The van der Waals surface area contributed by atoms with E-state index in [9.17, 15) is 14.4 Å². The highest BCUT2D eigenvalue weighted by Gasteiger charge is 2.25. The number of methoxy groups -OCH3 is 1. The van der Waals surface area contributed by atoms with Crippen molar-refractivity contribution in [2.24, 2.45) is 5.73 Å². The third-order valence-electron chi connectivity index (χ3n) is 5.50. The molecule has 190 valence electrons. The molecule has 34 heavy (non-hydrogen) atoms. The molecule has 3 N–H and O–H groups in total. The molecule has 1 aromatic rings. The van der Waals surface area contributed by atoms with Crippen LogP contribution in [0.5, 0.6) is 5.75 Å². The monoisotopic (exact) mass is 497 g/mol. The normalized spacial score (nSPS) is 15.9. The van der Waals surface area contributed by atoms with E-state index in [-0.39, 0.29) is 31.5 Å². The number of alkyl carbamates (subject to hydrolysis) is 1. The number of nitrogens with zero attached hydrogens (tertiary/aromatic N) is 1. The van der Waals surface area contributed by atoms with Crippen LogP contribution in [0.15, 0.2) is 18.2 Å². The van der Waals surface area contributed by atoms with Gasteiger partial charge in [0, 0.05) is 6.42 Å². The Morgan fingerprint density at radius 2 is 1.91 bits per heavy atom. The summed E-state index contributed by atoms with van der Waals surface area (Å²) in [4.78, 5) is 37.0. The number of nitrogens with two attached hydrogens (primary N) is 1. The number of benzene rings is 1. The van der Waals surface area contributed by atoms with Gasteiger partial charge in [0.15, 0.2) is 0 Å². The Balaban J connectivity index is 2.00. The third kappa shape index (κ3) is 9.38. The maximum Gasteiger partial charge on any atom is 0.407 e. The summed E-state index contributed by atoms with van der Waals surface area (Å²) in [5.41, 5.74) is 5.62. The zero-order valence-electron chi connectivity index (χ0n) is 20.4. The molecule has 0 unspecified atom stereocenters. The van der Waals surface area contributed by atoms with E-state index in [0.29, 0.717) is 17.2 Å². The minimum Gasteiger partial charge on any atom is -0.490 e. The van der Waals surface area contributed by atoms with Crippen LogP contribution in [0.4, 0.5) is 4.79 Å². The van der Waals surface area contributed by atoms with Crippen molar-refractivity contribution in [3.63, 3.8) is 0 Å². The molecule has 1 aliphatic heterocycles. The predicted octanol–water partition coefficient (Wildman–Crippen LogP) is 3.23. The summed E-state index contributed by atoms with van der Waals surface area (Å²) < 4.78 is 16.0. The third-order valence-corrected chi connectivity index (χ3v) is 5.91. The zero-order valence-corrected chi connectivity index (χ0v) is 21.2. The van der Waals surface area contributed by atoms with E-state index >= 15 is 0 Å². The highest BCUT2D eigenvalue weighted by Crippen LogP contribution is 2.37. The van der Waals surface area contributed by atoms with Crippen molar-refractivity contribution < 1.29 is 28.6 Å². The number of nitrogens with one attached hydrogen (secondary N) is 1. The Kier molecular flexibility index (Phi) is 10.4. The molecule has 1 heterocycles. The van der Waals surface area contributed by atoms with Gasteiger partial charge < -0.3 is 25.3 Å². The number of likely N-dealkylation sites (tertiary alicyclic amines) is 1. The molecule has 1 aliphatic rings. The SMILES string of the molecule is COC(=O)CN1CCC(c2cccc(OC[C@H](CCC(N)=O)NC(=O)OC(C)(C)C)c2Cl)CC1. The largest absolute Gasteiger partial charge is 0.490 e. The van der Waals surface area contributed by atoms with Crippen molar-refractivity contribution in [1.29, 1.82) is 0 Å². The Morgan fingerprint density at radius 1 is 1.24 bits per heavy atom. The number of ether oxygens (including phenoxy) is 3. The van der Waals surface area contributed by atoms with Crippen molar-refractivity contribution in [3.8, 4) is 5.75 Å². The second-order valence-electron chi connectivity index (χ2n) is 9.45. The summed E-state index contributed by atoms with van der Waals surface area (Å²) >= 11 is 6.69. The predicted molar refractivity (Wildman–Crippen MR) is 129 cm³/mol. The molecule has 2 amide bonds. The molecule has 1 atom stereocenters. The average molecular weight is 498 g/mol. The summed E-state index contributed by atoms with van der Waals surface area (Å²) in [7, 11) is 1.39. The molecule has 1 aromatic carbocycles. The Morgan fingerprint density at radius 3 is 2.50 bits per heavy atom. The first-order valence-corrected chi connectivity index (χ1v) is 11.8. The second kappa shape index (κ2) is 12.8. The molecule has 10 heteroatoms. The van der Waals surface area contributed by atoms with Crippen LogP contribution in [-0.2, 0) is 19.1 Å². The van der Waals surface area contributed by atoms with Crippen LogP contribution in [0.1, 0.15) is 57.9 Å². The van der Waals surface area contributed by atoms with E-state index in [0.717, 1.165) is 31.5 Å². The average Bonchev–Trinajstić information content (AvgIpc) is 2.75. The van der Waals surface area contributed by atoms with Crippen molar-refractivity contribution in [2.75, 3.05) is 33.4 Å². The van der Waals surface area contributed by atoms with E-state index in [2.05, 4.69) is 10.2 Å². The molecule has 0 spiro atoms. The van der Waals surface area contributed by atoms with Crippen LogP contribution in [0.2, 0.25) is 5.02 Å². The van der Waals surface area contributed by atoms with Gasteiger partial charge in [0.1, 0.15) is 18.0 Å². The minimum atomic E-state index is -0.650. The summed E-state index contributed by atoms with van der Waals surface area (Å²) in [5.74, 6) is 0.0500. The molecular formula is C24H36ClN3O6. The van der Waals surface area contributed by atoms with E-state index in [4.69, 9.17) is 31.5 Å². The topological polar surface area (TPSA) is 120 Å². The molecule has 0 saturated carbocycles. The molecule has 2 rings (SSSR count). The number of primary amides is 1. The number of carbonyl (C=O) groups is 3. The standard InChI is InChI=1S/C24H36ClN3O6/c1-24(2,3)34-23(31)27-17(8-9-20(26)29)15-33-19-7-5-6-18(22(19)25)16-10-12-28(13-11-16)14-21(30)32-4/h5-7,16-17H,8-15H2,1-4H3,(H2,26,29)(H,27,31)/t17-/m0/s1. The van der Waals surface area contributed by atoms with Gasteiger partial charge in [-0.15, -0.1) is 0 Å². The number of rotatable bonds is 10. The molecule has 1 fully saturated rings. The summed E-state index contributed by atoms with van der Waals surface area (Å²) in [6.45, 7) is 7.25. The fourth-order valence-corrected chi connectivity index (χ4v) is 4.12. The molecule has 0 aromatic heterocycles. The van der Waals surface area contributed by atoms with Crippen LogP contribution in [0, 0.1) is 0 Å². The van der Waals surface area contributed by atoms with E-state index in [1.54, 1.807) is 26.8 Å². The molecule has 1 saturated heterocycles. The molecule has 0 radical (unpaired) electrons. The highest BCUT2D eigenvalue weighted by atomic mass is 35.5. The van der Waals surface area contributed by atoms with E-state index in [1.165, 1.54) is 7.11 Å². The van der Waals surface area contributed by atoms with Crippen LogP contribution in [0.3, 0.4) is 0 Å². The van der Waals surface area contributed by atoms with Gasteiger partial charge in [-0.2, -0.15) is 0 Å². The lowest BCUT2D eigenvalue weighted by Gasteiger charge is -2.32. The Labute approximate surface area is 206 Å². The maximum absolute atomic E-state index is 12.2. The van der Waals surface area contributed by atoms with Gasteiger partial charge in [-0.1, -0.05) is 23.7 Å². The van der Waals surface area contributed by atoms with Gasteiger partial charge in [-0.3, -0.25) is 14.5 Å². The Hall–Kier alpha value is -2.52. The molecule has 9 nitrogen and oxygen atoms in total. The van der Waals surface area contributed by atoms with Gasteiger partial charge in [0.25, 0.3) is 0 Å². The first kappa shape index (κ1) is 27.7. The molecule has 0 bridgehead atoms. The van der Waals surface area contributed by atoms with Gasteiger partial charge in [0.05, 0.1) is 24.7 Å². The van der Waals surface area contributed by atoms with Crippen molar-refractivity contribution in [3.05, 3.63) is 28.8 Å². The maximum atomic E-state index is 12.2. The molecule has 0 aliphatic carbocycles. The number of esters is 1. The lowest BCUT2D eigenvalue weighted by molar-refractivity contribution is -0.142. The van der Waals surface area contributed by atoms with E-state index in [1.807, 2.05) is 12.1 Å². The van der Waals surface area contributed by atoms with Gasteiger partial charge >= 0.3 is 12.1 Å². The zero-order chi connectivity index (χ0) is 25.3. The van der Waals surface area contributed by atoms with Crippen LogP contribution >= 0.6 is 11.6 Å². The second-order valence-corrected chi connectivity index (χ2v) is 9.82. The van der Waals surface area contributed by atoms with Gasteiger partial charge in [-0.05, 0) is 70.7 Å². The first-order valence-electron chi connectivity index (χ1n) is 11.5. The first-order chi connectivity index (χ1) is 16.0. The fourth-order valence-electron chi connectivity index (χ4n) is 3.78. The minimum absolute atomic E-state index is 0.0990. The highest BCUT2D eigenvalue weighted by molar-refractivity contribution is 6.32. The van der Waals surface area contributed by atoms with E-state index < -0.39 is 23.6 Å². The van der Waals surface area contributed by atoms with Crippen LogP contribution in [-0.4, -0.2) is 67.9 Å². The smallest absolute Gasteiger partial charge is 0.407 e. The number of carbonyl (C=O) groups excluding carboxylic acids is 3. The number of halogens is 1. The van der Waals surface area contributed by atoms with Gasteiger partial charge in [0.2, 0.25) is 5.91 Å². The van der Waals surface area contributed by atoms with Crippen molar-refractivity contribution >= 4 is 29.6 Å². The number of hydrogen-bond donors (Lipinski definition) is 2. The summed E-state index contributed by atoms with van der Waals surface area (Å²) in [5, 5.41) is 3.27. The van der Waals surface area contributed by atoms with Crippen LogP contribution in [0.25, 0.3) is 0 Å². The van der Waals surface area contributed by atoms with Gasteiger partial charge in [-0.25, -0.2) is 4.79 Å². The quantitative estimate of drug-likeness (QED) is 0.476. The summed E-state index contributed by atoms with van der Waals surface area (Å²) in [6, 6.07) is 5.16.